The van der Waals surface area contributed by atoms with Crippen LogP contribution in [0.15, 0.2) is 30.6 Å². The SMILES string of the molecule is CCOC(=O)C1CCCN(c2ncnc(Nc3ccc(OC)cc3)c2[N+](=O)[O-])C1. The van der Waals surface area contributed by atoms with Crippen molar-refractivity contribution in [2.24, 2.45) is 5.92 Å². The molecule has 1 aliphatic rings. The number of nitro groups is 1. The third-order valence-corrected chi connectivity index (χ3v) is 4.68. The number of anilines is 3. The summed E-state index contributed by atoms with van der Waals surface area (Å²) in [6.07, 6.45) is 2.68. The number of carbonyl (C=O) groups is 1. The Hall–Kier alpha value is -3.43. The van der Waals surface area contributed by atoms with Gasteiger partial charge >= 0.3 is 11.7 Å². The second-order valence-electron chi connectivity index (χ2n) is 6.54. The standard InChI is InChI=1S/C19H23N5O5/c1-3-29-19(25)13-5-4-10-23(11-13)18-16(24(26)27)17(20-12-21-18)22-14-6-8-15(28-2)9-7-14/h6-9,12-13H,3-5,10-11H2,1-2H3,(H,20,21,22). The number of ether oxygens (including phenoxy) is 2. The summed E-state index contributed by atoms with van der Waals surface area (Å²) in [6.45, 7) is 2.94. The Labute approximate surface area is 168 Å². The monoisotopic (exact) mass is 401 g/mol. The summed E-state index contributed by atoms with van der Waals surface area (Å²) in [5.41, 5.74) is 0.398. The van der Waals surface area contributed by atoms with Gasteiger partial charge in [0.1, 0.15) is 12.1 Å². The summed E-state index contributed by atoms with van der Waals surface area (Å²) in [6, 6.07) is 6.96. The molecular weight excluding hydrogens is 378 g/mol. The Kier molecular flexibility index (Phi) is 6.43. The molecule has 1 N–H and O–H groups in total. The van der Waals surface area contributed by atoms with Gasteiger partial charge in [-0.15, -0.1) is 0 Å². The first-order valence-electron chi connectivity index (χ1n) is 9.35. The minimum Gasteiger partial charge on any atom is -0.497 e. The number of esters is 1. The highest BCUT2D eigenvalue weighted by molar-refractivity contribution is 5.77. The fourth-order valence-electron chi connectivity index (χ4n) is 3.29. The van der Waals surface area contributed by atoms with Crippen molar-refractivity contribution >= 4 is 29.0 Å². The van der Waals surface area contributed by atoms with E-state index in [1.165, 1.54) is 6.33 Å². The van der Waals surface area contributed by atoms with E-state index in [-0.39, 0.29) is 29.2 Å². The number of nitrogens with one attached hydrogen (secondary N) is 1. The number of rotatable bonds is 7. The predicted octanol–water partition coefficient (Wildman–Crippen LogP) is 2.92. The molecule has 1 aliphatic heterocycles. The van der Waals surface area contributed by atoms with Gasteiger partial charge in [0, 0.05) is 18.8 Å². The molecule has 3 rings (SSSR count). The molecule has 0 bridgehead atoms. The van der Waals surface area contributed by atoms with Gasteiger partial charge in [-0.3, -0.25) is 14.9 Å². The van der Waals surface area contributed by atoms with Crippen LogP contribution >= 0.6 is 0 Å². The lowest BCUT2D eigenvalue weighted by atomic mass is 9.98. The molecule has 0 radical (unpaired) electrons. The molecule has 154 valence electrons. The molecule has 10 nitrogen and oxygen atoms in total. The number of methoxy groups -OCH3 is 1. The fraction of sp³-hybridized carbons (Fsp3) is 0.421. The fourth-order valence-corrected chi connectivity index (χ4v) is 3.29. The van der Waals surface area contributed by atoms with Crippen LogP contribution < -0.4 is 15.0 Å². The van der Waals surface area contributed by atoms with Gasteiger partial charge in [0.25, 0.3) is 0 Å². The van der Waals surface area contributed by atoms with E-state index in [1.54, 1.807) is 43.2 Å². The first-order valence-corrected chi connectivity index (χ1v) is 9.35. The van der Waals surface area contributed by atoms with Crippen molar-refractivity contribution in [2.45, 2.75) is 19.8 Å². The Morgan fingerprint density at radius 1 is 1.34 bits per heavy atom. The summed E-state index contributed by atoms with van der Waals surface area (Å²) >= 11 is 0. The van der Waals surface area contributed by atoms with E-state index in [2.05, 4.69) is 15.3 Å². The molecule has 0 saturated carbocycles. The third-order valence-electron chi connectivity index (χ3n) is 4.68. The average Bonchev–Trinajstić information content (AvgIpc) is 2.74. The summed E-state index contributed by atoms with van der Waals surface area (Å²) in [4.78, 5) is 33.4. The van der Waals surface area contributed by atoms with Crippen LogP contribution in [0.5, 0.6) is 5.75 Å². The minimum atomic E-state index is -0.505. The molecule has 0 amide bonds. The number of carbonyl (C=O) groups excluding carboxylic acids is 1. The van der Waals surface area contributed by atoms with Crippen molar-refractivity contribution in [1.82, 2.24) is 9.97 Å². The van der Waals surface area contributed by atoms with Crippen LogP contribution in [0.25, 0.3) is 0 Å². The van der Waals surface area contributed by atoms with Gasteiger partial charge in [-0.25, -0.2) is 9.97 Å². The van der Waals surface area contributed by atoms with Gasteiger partial charge in [0.2, 0.25) is 11.6 Å². The van der Waals surface area contributed by atoms with Gasteiger partial charge in [-0.2, -0.15) is 0 Å². The molecule has 1 unspecified atom stereocenters. The van der Waals surface area contributed by atoms with Crippen molar-refractivity contribution in [1.29, 1.82) is 0 Å². The summed E-state index contributed by atoms with van der Waals surface area (Å²) < 4.78 is 10.2. The number of hydrogen-bond acceptors (Lipinski definition) is 9. The maximum atomic E-state index is 12.1. The lowest BCUT2D eigenvalue weighted by Crippen LogP contribution is -2.40. The van der Waals surface area contributed by atoms with Crippen LogP contribution in [0.3, 0.4) is 0 Å². The molecule has 1 saturated heterocycles. The molecular formula is C19H23N5O5. The normalized spacial score (nSPS) is 16.2. The molecule has 0 spiro atoms. The predicted molar refractivity (Wildman–Crippen MR) is 107 cm³/mol. The molecule has 1 fully saturated rings. The van der Waals surface area contributed by atoms with E-state index in [9.17, 15) is 14.9 Å². The van der Waals surface area contributed by atoms with Crippen LogP contribution in [0.1, 0.15) is 19.8 Å². The third kappa shape index (κ3) is 4.71. The van der Waals surface area contributed by atoms with Gasteiger partial charge in [-0.05, 0) is 44.0 Å². The largest absolute Gasteiger partial charge is 0.497 e. The maximum Gasteiger partial charge on any atom is 0.353 e. The molecule has 10 heteroatoms. The Bertz CT molecular complexity index is 874. The number of nitrogens with zero attached hydrogens (tertiary/aromatic N) is 4. The highest BCUT2D eigenvalue weighted by Crippen LogP contribution is 2.35. The molecule has 1 atom stereocenters. The number of hydrogen-bond donors (Lipinski definition) is 1. The molecule has 2 heterocycles. The Balaban J connectivity index is 1.88. The van der Waals surface area contributed by atoms with Crippen LogP contribution in [0, 0.1) is 16.0 Å². The maximum absolute atomic E-state index is 12.1. The Morgan fingerprint density at radius 3 is 2.76 bits per heavy atom. The van der Waals surface area contributed by atoms with Crippen LogP contribution in [0.2, 0.25) is 0 Å². The number of aromatic nitrogens is 2. The van der Waals surface area contributed by atoms with E-state index >= 15 is 0 Å². The second kappa shape index (κ2) is 9.18. The molecule has 29 heavy (non-hydrogen) atoms. The van der Waals surface area contributed by atoms with Crippen LogP contribution in [-0.2, 0) is 9.53 Å². The zero-order valence-corrected chi connectivity index (χ0v) is 16.3. The van der Waals surface area contributed by atoms with Crippen molar-refractivity contribution in [2.75, 3.05) is 37.0 Å². The average molecular weight is 401 g/mol. The van der Waals surface area contributed by atoms with E-state index in [1.807, 2.05) is 0 Å². The first-order chi connectivity index (χ1) is 14.0. The molecule has 2 aromatic rings. The van der Waals surface area contributed by atoms with Crippen molar-refractivity contribution in [3.8, 4) is 5.75 Å². The second-order valence-corrected chi connectivity index (χ2v) is 6.54. The van der Waals surface area contributed by atoms with Gasteiger partial charge in [0.15, 0.2) is 0 Å². The van der Waals surface area contributed by atoms with Crippen molar-refractivity contribution in [3.63, 3.8) is 0 Å². The molecule has 1 aromatic carbocycles. The van der Waals surface area contributed by atoms with Gasteiger partial charge in [0.05, 0.1) is 24.6 Å². The highest BCUT2D eigenvalue weighted by atomic mass is 16.6. The Morgan fingerprint density at radius 2 is 2.10 bits per heavy atom. The lowest BCUT2D eigenvalue weighted by molar-refractivity contribution is -0.383. The van der Waals surface area contributed by atoms with E-state index in [0.29, 0.717) is 44.0 Å². The van der Waals surface area contributed by atoms with E-state index < -0.39 is 4.92 Å². The van der Waals surface area contributed by atoms with Crippen molar-refractivity contribution < 1.29 is 19.2 Å². The minimum absolute atomic E-state index is 0.0865. The van der Waals surface area contributed by atoms with Crippen molar-refractivity contribution in [3.05, 3.63) is 40.7 Å². The molecule has 0 aliphatic carbocycles. The smallest absolute Gasteiger partial charge is 0.353 e. The summed E-state index contributed by atoms with van der Waals surface area (Å²) in [5, 5.41) is 14.8. The van der Waals surface area contributed by atoms with Crippen LogP contribution in [0.4, 0.5) is 23.0 Å². The summed E-state index contributed by atoms with van der Waals surface area (Å²) in [7, 11) is 1.56. The van der Waals surface area contributed by atoms with E-state index in [4.69, 9.17) is 9.47 Å². The van der Waals surface area contributed by atoms with Gasteiger partial charge in [-0.1, -0.05) is 0 Å². The zero-order chi connectivity index (χ0) is 20.8. The van der Waals surface area contributed by atoms with Crippen LogP contribution in [-0.4, -0.2) is 47.7 Å². The van der Waals surface area contributed by atoms with E-state index in [0.717, 1.165) is 0 Å². The first kappa shape index (κ1) is 20.3. The molecule has 1 aromatic heterocycles. The number of piperidine rings is 1. The topological polar surface area (TPSA) is 120 Å². The lowest BCUT2D eigenvalue weighted by Gasteiger charge is -2.32. The highest BCUT2D eigenvalue weighted by Gasteiger charge is 2.33. The quantitative estimate of drug-likeness (QED) is 0.424. The zero-order valence-electron chi connectivity index (χ0n) is 16.3. The van der Waals surface area contributed by atoms with Gasteiger partial charge < -0.3 is 19.7 Å². The number of benzene rings is 1. The summed E-state index contributed by atoms with van der Waals surface area (Å²) in [5.74, 6) is 0.326.